The summed E-state index contributed by atoms with van der Waals surface area (Å²) in [5.41, 5.74) is 0. The topological polar surface area (TPSA) is 24.5 Å². The van der Waals surface area contributed by atoms with Crippen LogP contribution in [0.3, 0.4) is 0 Å². The van der Waals surface area contributed by atoms with Gasteiger partial charge in [-0.25, -0.2) is 0 Å². The van der Waals surface area contributed by atoms with Crippen molar-refractivity contribution in [3.05, 3.63) is 29.3 Å². The number of rotatable bonds is 5. The van der Waals surface area contributed by atoms with Crippen LogP contribution in [0, 0.1) is 5.92 Å². The lowest BCUT2D eigenvalue weighted by atomic mass is 9.99. The molecule has 4 heteroatoms. The van der Waals surface area contributed by atoms with Gasteiger partial charge >= 0.3 is 0 Å². The molecule has 2 rings (SSSR count). The molecule has 0 radical (unpaired) electrons. The smallest absolute Gasteiger partial charge is 0.119 e. The third-order valence-corrected chi connectivity index (χ3v) is 4.14. The van der Waals surface area contributed by atoms with E-state index in [-0.39, 0.29) is 0 Å². The summed E-state index contributed by atoms with van der Waals surface area (Å²) in [5, 5.41) is 4.30. The normalized spacial score (nSPS) is 24.1. The van der Waals surface area contributed by atoms with Gasteiger partial charge in [0.05, 0.1) is 0 Å². The van der Waals surface area contributed by atoms with Crippen LogP contribution in [0.4, 0.5) is 0 Å². The molecule has 2 unspecified atom stereocenters. The molecule has 1 aliphatic rings. The zero-order valence-electron chi connectivity index (χ0n) is 12.6. The molecule has 0 spiro atoms. The number of ether oxygens (including phenoxy) is 1. The number of nitrogens with zero attached hydrogens (tertiary/aromatic N) is 1. The van der Waals surface area contributed by atoms with Gasteiger partial charge in [-0.2, -0.15) is 0 Å². The van der Waals surface area contributed by atoms with Crippen molar-refractivity contribution in [1.29, 1.82) is 0 Å². The molecule has 1 aromatic carbocycles. The Morgan fingerprint density at radius 1 is 1.35 bits per heavy atom. The lowest BCUT2D eigenvalue weighted by Crippen LogP contribution is -2.58. The predicted molar refractivity (Wildman–Crippen MR) is 84.6 cm³/mol. The highest BCUT2D eigenvalue weighted by Crippen LogP contribution is 2.17. The molecule has 1 aliphatic heterocycles. The van der Waals surface area contributed by atoms with E-state index in [0.29, 0.717) is 18.0 Å². The van der Waals surface area contributed by atoms with Gasteiger partial charge < -0.3 is 10.1 Å². The summed E-state index contributed by atoms with van der Waals surface area (Å²) < 4.78 is 5.81. The molecule has 3 nitrogen and oxygen atoms in total. The zero-order valence-corrected chi connectivity index (χ0v) is 13.4. The first-order valence-corrected chi connectivity index (χ1v) is 7.80. The van der Waals surface area contributed by atoms with Gasteiger partial charge in [-0.3, -0.25) is 4.90 Å². The highest BCUT2D eigenvalue weighted by atomic mass is 35.5. The standard InChI is InChI=1S/C16H25ClN2O/c1-12(2)16-10-18-13(3)11-19(16)8-9-20-15-6-4-14(17)5-7-15/h4-7,12-13,16,18H,8-11H2,1-3H3. The summed E-state index contributed by atoms with van der Waals surface area (Å²) in [5.74, 6) is 1.55. The van der Waals surface area contributed by atoms with Gasteiger partial charge in [0.25, 0.3) is 0 Å². The molecule has 2 atom stereocenters. The maximum Gasteiger partial charge on any atom is 0.119 e. The average Bonchev–Trinajstić information content (AvgIpc) is 2.41. The van der Waals surface area contributed by atoms with Crippen molar-refractivity contribution in [2.45, 2.75) is 32.9 Å². The fourth-order valence-corrected chi connectivity index (χ4v) is 2.85. The van der Waals surface area contributed by atoms with E-state index in [1.165, 1.54) is 0 Å². The number of nitrogens with one attached hydrogen (secondary N) is 1. The third kappa shape index (κ3) is 4.37. The van der Waals surface area contributed by atoms with E-state index in [4.69, 9.17) is 16.3 Å². The Hall–Kier alpha value is -0.770. The molecule has 0 amide bonds. The van der Waals surface area contributed by atoms with Crippen LogP contribution in [0.5, 0.6) is 5.75 Å². The second kappa shape index (κ2) is 7.30. The van der Waals surface area contributed by atoms with E-state index < -0.39 is 0 Å². The van der Waals surface area contributed by atoms with Crippen molar-refractivity contribution in [1.82, 2.24) is 10.2 Å². The van der Waals surface area contributed by atoms with Crippen LogP contribution in [0.25, 0.3) is 0 Å². The van der Waals surface area contributed by atoms with Crippen molar-refractivity contribution in [2.75, 3.05) is 26.2 Å². The molecule has 1 heterocycles. The summed E-state index contributed by atoms with van der Waals surface area (Å²) in [6.07, 6.45) is 0. The van der Waals surface area contributed by atoms with E-state index >= 15 is 0 Å². The van der Waals surface area contributed by atoms with Crippen LogP contribution in [-0.4, -0.2) is 43.2 Å². The Morgan fingerprint density at radius 3 is 2.70 bits per heavy atom. The van der Waals surface area contributed by atoms with Crippen molar-refractivity contribution < 1.29 is 4.74 Å². The molecule has 20 heavy (non-hydrogen) atoms. The minimum absolute atomic E-state index is 0.556. The summed E-state index contributed by atoms with van der Waals surface area (Å²) in [7, 11) is 0. The maximum absolute atomic E-state index is 5.87. The molecule has 0 aliphatic carbocycles. The SMILES string of the molecule is CC1CN(CCOc2ccc(Cl)cc2)C(C(C)C)CN1. The fraction of sp³-hybridized carbons (Fsp3) is 0.625. The molecule has 1 saturated heterocycles. The van der Waals surface area contributed by atoms with E-state index in [9.17, 15) is 0 Å². The van der Waals surface area contributed by atoms with E-state index in [1.54, 1.807) is 0 Å². The van der Waals surface area contributed by atoms with Crippen LogP contribution in [0.1, 0.15) is 20.8 Å². The lowest BCUT2D eigenvalue weighted by Gasteiger charge is -2.41. The first-order valence-electron chi connectivity index (χ1n) is 7.42. The first-order chi connectivity index (χ1) is 9.56. The molecule has 0 aromatic heterocycles. The molecule has 0 bridgehead atoms. The number of benzene rings is 1. The Balaban J connectivity index is 1.83. The minimum Gasteiger partial charge on any atom is -0.492 e. The molecule has 0 saturated carbocycles. The number of hydrogen-bond donors (Lipinski definition) is 1. The Bertz CT molecular complexity index is 407. The van der Waals surface area contributed by atoms with E-state index in [2.05, 4.69) is 31.0 Å². The van der Waals surface area contributed by atoms with Crippen molar-refractivity contribution in [3.8, 4) is 5.75 Å². The predicted octanol–water partition coefficient (Wildman–Crippen LogP) is 3.04. The average molecular weight is 297 g/mol. The van der Waals surface area contributed by atoms with E-state index in [1.807, 2.05) is 24.3 Å². The van der Waals surface area contributed by atoms with Gasteiger partial charge in [-0.15, -0.1) is 0 Å². The Kier molecular flexibility index (Phi) is 5.70. The molecular formula is C16H25ClN2O. The molecular weight excluding hydrogens is 272 g/mol. The molecule has 112 valence electrons. The highest BCUT2D eigenvalue weighted by Gasteiger charge is 2.27. The van der Waals surface area contributed by atoms with Crippen LogP contribution < -0.4 is 10.1 Å². The third-order valence-electron chi connectivity index (χ3n) is 3.88. The Labute approximate surface area is 127 Å². The first kappa shape index (κ1) is 15.6. The quantitative estimate of drug-likeness (QED) is 0.904. The molecule has 1 aromatic rings. The largest absolute Gasteiger partial charge is 0.492 e. The van der Waals surface area contributed by atoms with Crippen LogP contribution in [-0.2, 0) is 0 Å². The second-order valence-corrected chi connectivity index (χ2v) is 6.35. The van der Waals surface area contributed by atoms with Crippen LogP contribution >= 0.6 is 11.6 Å². The van der Waals surface area contributed by atoms with E-state index in [0.717, 1.165) is 37.0 Å². The molecule has 1 fully saturated rings. The van der Waals surface area contributed by atoms with Gasteiger partial charge in [0.2, 0.25) is 0 Å². The summed E-state index contributed by atoms with van der Waals surface area (Å²) in [4.78, 5) is 2.54. The van der Waals surface area contributed by atoms with Gasteiger partial charge in [0, 0.05) is 36.7 Å². The fourth-order valence-electron chi connectivity index (χ4n) is 2.73. The Morgan fingerprint density at radius 2 is 2.05 bits per heavy atom. The lowest BCUT2D eigenvalue weighted by molar-refractivity contribution is 0.0864. The summed E-state index contributed by atoms with van der Waals surface area (Å²) in [6, 6.07) is 8.72. The van der Waals surface area contributed by atoms with Gasteiger partial charge in [-0.1, -0.05) is 25.4 Å². The van der Waals surface area contributed by atoms with Gasteiger partial charge in [-0.05, 0) is 37.1 Å². The number of halogens is 1. The van der Waals surface area contributed by atoms with Crippen molar-refractivity contribution >= 4 is 11.6 Å². The van der Waals surface area contributed by atoms with Crippen molar-refractivity contribution in [2.24, 2.45) is 5.92 Å². The van der Waals surface area contributed by atoms with Gasteiger partial charge in [0.15, 0.2) is 0 Å². The van der Waals surface area contributed by atoms with Gasteiger partial charge in [0.1, 0.15) is 12.4 Å². The maximum atomic E-state index is 5.87. The number of piperazine rings is 1. The second-order valence-electron chi connectivity index (χ2n) is 5.92. The molecule has 1 N–H and O–H groups in total. The summed E-state index contributed by atoms with van der Waals surface area (Å²) in [6.45, 7) is 10.7. The highest BCUT2D eigenvalue weighted by molar-refractivity contribution is 6.30. The van der Waals surface area contributed by atoms with Crippen LogP contribution in [0.2, 0.25) is 5.02 Å². The van der Waals surface area contributed by atoms with Crippen LogP contribution in [0.15, 0.2) is 24.3 Å². The van der Waals surface area contributed by atoms with Crippen molar-refractivity contribution in [3.63, 3.8) is 0 Å². The monoisotopic (exact) mass is 296 g/mol. The summed E-state index contributed by atoms with van der Waals surface area (Å²) >= 11 is 5.87. The zero-order chi connectivity index (χ0) is 14.5. The number of hydrogen-bond acceptors (Lipinski definition) is 3. The minimum atomic E-state index is 0.556.